The van der Waals surface area contributed by atoms with Crippen molar-refractivity contribution in [2.75, 3.05) is 38.7 Å². The second-order valence-electron chi connectivity index (χ2n) is 5.22. The quantitative estimate of drug-likeness (QED) is 0.894. The molecule has 1 aromatic heterocycles. The van der Waals surface area contributed by atoms with Crippen LogP contribution in [0.3, 0.4) is 0 Å². The lowest BCUT2D eigenvalue weighted by Crippen LogP contribution is -2.35. The minimum absolute atomic E-state index is 0.0360. The third-order valence-corrected chi connectivity index (χ3v) is 3.55. The summed E-state index contributed by atoms with van der Waals surface area (Å²) in [6.45, 7) is 5.13. The molecule has 2 heterocycles. The molecule has 0 saturated carbocycles. The standard InChI is InChI=1S/C15H23N3O2/c1-3-17-14-9-16-7-6-13(14)15(19)18(2)10-12-5-4-8-20-11-12/h6-7,9,12,17H,3-5,8,10-11H2,1-2H3. The fraction of sp³-hybridized carbons (Fsp3) is 0.600. The van der Waals surface area contributed by atoms with Gasteiger partial charge >= 0.3 is 0 Å². The van der Waals surface area contributed by atoms with E-state index in [9.17, 15) is 4.79 Å². The first-order valence-electron chi connectivity index (χ1n) is 7.23. The van der Waals surface area contributed by atoms with Crippen molar-refractivity contribution in [2.45, 2.75) is 19.8 Å². The van der Waals surface area contributed by atoms with Crippen LogP contribution in [0.1, 0.15) is 30.1 Å². The van der Waals surface area contributed by atoms with Gasteiger partial charge in [-0.15, -0.1) is 0 Å². The van der Waals surface area contributed by atoms with E-state index in [1.165, 1.54) is 0 Å². The van der Waals surface area contributed by atoms with Gasteiger partial charge in [-0.05, 0) is 31.7 Å². The van der Waals surface area contributed by atoms with E-state index in [2.05, 4.69) is 10.3 Å². The summed E-state index contributed by atoms with van der Waals surface area (Å²) in [6, 6.07) is 1.77. The van der Waals surface area contributed by atoms with Crippen LogP contribution in [0.4, 0.5) is 5.69 Å². The molecule has 1 amide bonds. The Bertz CT molecular complexity index is 444. The highest BCUT2D eigenvalue weighted by molar-refractivity contribution is 5.99. The molecule has 0 radical (unpaired) electrons. The van der Waals surface area contributed by atoms with E-state index in [0.717, 1.165) is 44.8 Å². The third kappa shape index (κ3) is 3.70. The maximum absolute atomic E-state index is 12.5. The number of ether oxygens (including phenoxy) is 1. The second-order valence-corrected chi connectivity index (χ2v) is 5.22. The number of nitrogens with zero attached hydrogens (tertiary/aromatic N) is 2. The van der Waals surface area contributed by atoms with Crippen molar-refractivity contribution in [3.8, 4) is 0 Å². The van der Waals surface area contributed by atoms with Gasteiger partial charge in [-0.25, -0.2) is 0 Å². The van der Waals surface area contributed by atoms with E-state index in [-0.39, 0.29) is 5.91 Å². The molecule has 1 fully saturated rings. The first kappa shape index (κ1) is 14.8. The number of hydrogen-bond acceptors (Lipinski definition) is 4. The Balaban J connectivity index is 2.02. The van der Waals surface area contributed by atoms with Gasteiger partial charge in [-0.3, -0.25) is 9.78 Å². The molecular formula is C15H23N3O2. The maximum atomic E-state index is 12.5. The zero-order chi connectivity index (χ0) is 14.4. The van der Waals surface area contributed by atoms with E-state index in [1.54, 1.807) is 23.4 Å². The van der Waals surface area contributed by atoms with Crippen LogP contribution in [0.2, 0.25) is 0 Å². The van der Waals surface area contributed by atoms with E-state index in [4.69, 9.17) is 4.74 Å². The fourth-order valence-corrected chi connectivity index (χ4v) is 2.54. The topological polar surface area (TPSA) is 54.5 Å². The van der Waals surface area contributed by atoms with Gasteiger partial charge in [-0.2, -0.15) is 0 Å². The predicted octanol–water partition coefficient (Wildman–Crippen LogP) is 2.01. The van der Waals surface area contributed by atoms with Crippen LogP contribution in [-0.2, 0) is 4.74 Å². The molecule has 2 rings (SSSR count). The second kappa shape index (κ2) is 7.24. The number of amides is 1. The molecule has 0 bridgehead atoms. The van der Waals surface area contributed by atoms with Gasteiger partial charge in [0.1, 0.15) is 0 Å². The van der Waals surface area contributed by atoms with Crippen molar-refractivity contribution in [1.29, 1.82) is 0 Å². The van der Waals surface area contributed by atoms with E-state index < -0.39 is 0 Å². The Kier molecular flexibility index (Phi) is 5.35. The Hall–Kier alpha value is -1.62. The number of nitrogens with one attached hydrogen (secondary N) is 1. The molecule has 0 aromatic carbocycles. The number of pyridine rings is 1. The van der Waals surface area contributed by atoms with E-state index in [0.29, 0.717) is 11.5 Å². The summed E-state index contributed by atoms with van der Waals surface area (Å²) >= 11 is 0. The number of carbonyl (C=O) groups is 1. The number of aromatic nitrogens is 1. The van der Waals surface area contributed by atoms with Crippen LogP contribution in [-0.4, -0.2) is 49.1 Å². The Morgan fingerprint density at radius 3 is 3.15 bits per heavy atom. The zero-order valence-electron chi connectivity index (χ0n) is 12.3. The molecular weight excluding hydrogens is 254 g/mol. The van der Waals surface area contributed by atoms with Gasteiger partial charge in [0.05, 0.1) is 24.1 Å². The SMILES string of the molecule is CCNc1cnccc1C(=O)N(C)CC1CCCOC1. The summed E-state index contributed by atoms with van der Waals surface area (Å²) in [5.41, 5.74) is 1.48. The van der Waals surface area contributed by atoms with Crippen molar-refractivity contribution < 1.29 is 9.53 Å². The Morgan fingerprint density at radius 2 is 2.45 bits per heavy atom. The number of rotatable bonds is 5. The van der Waals surface area contributed by atoms with Crippen LogP contribution in [0.5, 0.6) is 0 Å². The molecule has 1 aromatic rings. The van der Waals surface area contributed by atoms with Gasteiger partial charge in [0.15, 0.2) is 0 Å². The molecule has 20 heavy (non-hydrogen) atoms. The fourth-order valence-electron chi connectivity index (χ4n) is 2.54. The van der Waals surface area contributed by atoms with Crippen molar-refractivity contribution in [1.82, 2.24) is 9.88 Å². The van der Waals surface area contributed by atoms with Gasteiger partial charge in [0, 0.05) is 32.9 Å². The van der Waals surface area contributed by atoms with Crippen LogP contribution in [0.25, 0.3) is 0 Å². The maximum Gasteiger partial charge on any atom is 0.255 e. The molecule has 0 aliphatic carbocycles. The average Bonchev–Trinajstić information content (AvgIpc) is 2.48. The summed E-state index contributed by atoms with van der Waals surface area (Å²) in [4.78, 5) is 18.4. The van der Waals surface area contributed by atoms with Gasteiger partial charge in [-0.1, -0.05) is 0 Å². The molecule has 1 aliphatic heterocycles. The number of anilines is 1. The van der Waals surface area contributed by atoms with Crippen LogP contribution >= 0.6 is 0 Å². The molecule has 1 unspecified atom stereocenters. The number of carbonyl (C=O) groups excluding carboxylic acids is 1. The normalized spacial score (nSPS) is 18.6. The molecule has 1 aliphatic rings. The van der Waals surface area contributed by atoms with Gasteiger partial charge in [0.2, 0.25) is 0 Å². The van der Waals surface area contributed by atoms with Crippen LogP contribution in [0, 0.1) is 5.92 Å². The Labute approximate surface area is 120 Å². The molecule has 1 saturated heterocycles. The molecule has 5 heteroatoms. The van der Waals surface area contributed by atoms with Crippen molar-refractivity contribution in [3.05, 3.63) is 24.0 Å². The molecule has 5 nitrogen and oxygen atoms in total. The molecule has 1 N–H and O–H groups in total. The summed E-state index contributed by atoms with van der Waals surface area (Å²) in [6.07, 6.45) is 5.58. The smallest absolute Gasteiger partial charge is 0.255 e. The van der Waals surface area contributed by atoms with Crippen molar-refractivity contribution in [3.63, 3.8) is 0 Å². The highest BCUT2D eigenvalue weighted by atomic mass is 16.5. The largest absolute Gasteiger partial charge is 0.383 e. The average molecular weight is 277 g/mol. The van der Waals surface area contributed by atoms with Crippen molar-refractivity contribution in [2.24, 2.45) is 5.92 Å². The first-order chi connectivity index (χ1) is 9.72. The van der Waals surface area contributed by atoms with Crippen LogP contribution in [0.15, 0.2) is 18.5 Å². The van der Waals surface area contributed by atoms with E-state index in [1.807, 2.05) is 14.0 Å². The van der Waals surface area contributed by atoms with Crippen LogP contribution < -0.4 is 5.32 Å². The first-order valence-corrected chi connectivity index (χ1v) is 7.23. The van der Waals surface area contributed by atoms with Crippen molar-refractivity contribution >= 4 is 11.6 Å². The van der Waals surface area contributed by atoms with E-state index >= 15 is 0 Å². The zero-order valence-corrected chi connectivity index (χ0v) is 12.3. The lowest BCUT2D eigenvalue weighted by atomic mass is 10.0. The van der Waals surface area contributed by atoms with Gasteiger partial charge < -0.3 is 15.0 Å². The highest BCUT2D eigenvalue weighted by Gasteiger charge is 2.21. The number of hydrogen-bond donors (Lipinski definition) is 1. The molecule has 0 spiro atoms. The highest BCUT2D eigenvalue weighted by Crippen LogP contribution is 2.18. The Morgan fingerprint density at radius 1 is 1.60 bits per heavy atom. The minimum Gasteiger partial charge on any atom is -0.383 e. The molecule has 1 atom stereocenters. The summed E-state index contributed by atoms with van der Waals surface area (Å²) in [5.74, 6) is 0.482. The molecule has 110 valence electrons. The summed E-state index contributed by atoms with van der Waals surface area (Å²) < 4.78 is 5.47. The third-order valence-electron chi connectivity index (χ3n) is 3.55. The predicted molar refractivity (Wildman–Crippen MR) is 78.9 cm³/mol. The minimum atomic E-state index is 0.0360. The summed E-state index contributed by atoms with van der Waals surface area (Å²) in [7, 11) is 1.85. The monoisotopic (exact) mass is 277 g/mol. The lowest BCUT2D eigenvalue weighted by molar-refractivity contribution is 0.0389. The van der Waals surface area contributed by atoms with Gasteiger partial charge in [0.25, 0.3) is 5.91 Å². The lowest BCUT2D eigenvalue weighted by Gasteiger charge is -2.27. The summed E-state index contributed by atoms with van der Waals surface area (Å²) in [5, 5.41) is 3.18.